The number of hydrogen-bond acceptors (Lipinski definition) is 7. The van der Waals surface area contributed by atoms with Crippen molar-refractivity contribution in [2.45, 2.75) is 30.1 Å². The second-order valence-corrected chi connectivity index (χ2v) is 9.34. The van der Waals surface area contributed by atoms with Crippen molar-refractivity contribution in [3.8, 4) is 0 Å². The first kappa shape index (κ1) is 20.7. The minimum Gasteiger partial charge on any atom is -0.378 e. The van der Waals surface area contributed by atoms with Gasteiger partial charge in [-0.1, -0.05) is 11.8 Å². The summed E-state index contributed by atoms with van der Waals surface area (Å²) in [4.78, 5) is 26.6. The zero-order valence-electron chi connectivity index (χ0n) is 16.5. The quantitative estimate of drug-likeness (QED) is 0.509. The Hall–Kier alpha value is -3.15. The molecule has 1 saturated carbocycles. The highest BCUT2D eigenvalue weighted by Gasteiger charge is 2.71. The number of fused-ring (bicyclic) bond motifs is 2. The number of benzene rings is 1. The second-order valence-electron chi connectivity index (χ2n) is 7.96. The van der Waals surface area contributed by atoms with Crippen molar-refractivity contribution in [3.63, 3.8) is 0 Å². The van der Waals surface area contributed by atoms with Gasteiger partial charge in [-0.25, -0.2) is 27.5 Å². The fraction of sp³-hybridized carbons (Fsp3) is 0.300. The van der Waals surface area contributed by atoms with Crippen molar-refractivity contribution in [1.29, 1.82) is 0 Å². The number of pyridine rings is 1. The van der Waals surface area contributed by atoms with Crippen molar-refractivity contribution in [2.75, 3.05) is 5.32 Å². The number of aromatic amines is 1. The van der Waals surface area contributed by atoms with Gasteiger partial charge in [-0.2, -0.15) is 0 Å². The van der Waals surface area contributed by atoms with Crippen LogP contribution < -0.4 is 16.6 Å². The number of rotatable bonds is 4. The van der Waals surface area contributed by atoms with Crippen LogP contribution in [0.25, 0.3) is 11.0 Å². The van der Waals surface area contributed by atoms with Crippen molar-refractivity contribution >= 4 is 39.5 Å². The lowest BCUT2D eigenvalue weighted by molar-refractivity contribution is 0.123. The van der Waals surface area contributed by atoms with Gasteiger partial charge in [0.05, 0.1) is 22.0 Å². The van der Waals surface area contributed by atoms with E-state index >= 15 is 0 Å². The molecule has 3 heterocycles. The standard InChI is InChI=1S/C20H16F4N6OS/c1-19(12-6-20(12,17(23)24)32-18(25)30-19)9-4-8(5-10(21)14(9)22)28-16-15-11(2-3-26-16)29-13(31)7-27-15/h2-5,7,12,17H,6H2,1H3,(H2,25,30)(H,26,28)(H,29,31)/t12-,19+,20-/m0/s1. The molecule has 1 aliphatic heterocycles. The summed E-state index contributed by atoms with van der Waals surface area (Å²) < 4.78 is 55.6. The van der Waals surface area contributed by atoms with Gasteiger partial charge in [-0.05, 0) is 25.5 Å². The van der Waals surface area contributed by atoms with Crippen LogP contribution in [0.15, 0.2) is 40.4 Å². The van der Waals surface area contributed by atoms with Crippen molar-refractivity contribution in [3.05, 3.63) is 58.1 Å². The molecule has 0 spiro atoms. The van der Waals surface area contributed by atoms with Crippen LogP contribution in [0.3, 0.4) is 0 Å². The molecule has 166 valence electrons. The number of aliphatic imine (C=N–C) groups is 1. The Morgan fingerprint density at radius 1 is 1.31 bits per heavy atom. The lowest BCUT2D eigenvalue weighted by atomic mass is 9.85. The summed E-state index contributed by atoms with van der Waals surface area (Å²) in [5.41, 5.74) is 4.57. The summed E-state index contributed by atoms with van der Waals surface area (Å²) in [6.45, 7) is 1.48. The maximum absolute atomic E-state index is 14.9. The van der Waals surface area contributed by atoms with Gasteiger partial charge in [0, 0.05) is 29.4 Å². The lowest BCUT2D eigenvalue weighted by Gasteiger charge is -2.34. The Balaban J connectivity index is 1.60. The molecule has 0 amide bonds. The minimum absolute atomic E-state index is 0.0803. The summed E-state index contributed by atoms with van der Waals surface area (Å²) >= 11 is 0.786. The van der Waals surface area contributed by atoms with Crippen LogP contribution in [0.5, 0.6) is 0 Å². The average Bonchev–Trinajstić information content (AvgIpc) is 3.47. The first-order chi connectivity index (χ1) is 15.1. The van der Waals surface area contributed by atoms with E-state index in [0.717, 1.165) is 24.0 Å². The smallest absolute Gasteiger partial charge is 0.266 e. The van der Waals surface area contributed by atoms with Gasteiger partial charge < -0.3 is 16.0 Å². The van der Waals surface area contributed by atoms with E-state index in [1.807, 2.05) is 0 Å². The van der Waals surface area contributed by atoms with Crippen LogP contribution in [0, 0.1) is 17.6 Å². The molecule has 0 radical (unpaired) electrons. The Labute approximate surface area is 182 Å². The van der Waals surface area contributed by atoms with Gasteiger partial charge >= 0.3 is 0 Å². The Morgan fingerprint density at radius 2 is 2.09 bits per heavy atom. The maximum Gasteiger partial charge on any atom is 0.266 e. The summed E-state index contributed by atoms with van der Waals surface area (Å²) in [5, 5.41) is 2.77. The van der Waals surface area contributed by atoms with Crippen LogP contribution >= 0.6 is 11.8 Å². The zero-order chi connectivity index (χ0) is 22.8. The number of thioether (sulfide) groups is 1. The normalized spacial score (nSPS) is 26.7. The van der Waals surface area contributed by atoms with Crippen LogP contribution in [-0.4, -0.2) is 31.3 Å². The molecule has 32 heavy (non-hydrogen) atoms. The van der Waals surface area contributed by atoms with E-state index in [-0.39, 0.29) is 28.7 Å². The maximum atomic E-state index is 14.9. The van der Waals surface area contributed by atoms with E-state index in [2.05, 4.69) is 25.3 Å². The predicted molar refractivity (Wildman–Crippen MR) is 113 cm³/mol. The molecule has 2 aromatic heterocycles. The fourth-order valence-electron chi connectivity index (χ4n) is 4.34. The number of alkyl halides is 2. The number of amidine groups is 1. The van der Waals surface area contributed by atoms with E-state index in [4.69, 9.17) is 5.73 Å². The first-order valence-corrected chi connectivity index (χ1v) is 10.4. The van der Waals surface area contributed by atoms with E-state index in [1.165, 1.54) is 19.2 Å². The number of H-pyrrole nitrogens is 1. The fourth-order valence-corrected chi connectivity index (χ4v) is 5.67. The van der Waals surface area contributed by atoms with Crippen LogP contribution in [-0.2, 0) is 5.54 Å². The van der Waals surface area contributed by atoms with Gasteiger partial charge in [0.1, 0.15) is 5.52 Å². The van der Waals surface area contributed by atoms with E-state index in [9.17, 15) is 22.4 Å². The van der Waals surface area contributed by atoms with E-state index in [0.29, 0.717) is 11.0 Å². The van der Waals surface area contributed by atoms with Gasteiger partial charge in [-0.15, -0.1) is 0 Å². The molecule has 2 aliphatic rings. The molecular formula is C20H16F4N6OS. The number of hydrogen-bond donors (Lipinski definition) is 3. The van der Waals surface area contributed by atoms with Crippen molar-refractivity contribution in [1.82, 2.24) is 15.0 Å². The molecule has 7 nitrogen and oxygen atoms in total. The summed E-state index contributed by atoms with van der Waals surface area (Å²) in [6.07, 6.45) is -0.124. The number of anilines is 2. The lowest BCUT2D eigenvalue weighted by Crippen LogP contribution is -2.39. The number of aromatic nitrogens is 3. The van der Waals surface area contributed by atoms with Gasteiger partial charge in [0.25, 0.3) is 12.0 Å². The third kappa shape index (κ3) is 3.04. The summed E-state index contributed by atoms with van der Waals surface area (Å²) in [5.74, 6) is -2.87. The van der Waals surface area contributed by atoms with Gasteiger partial charge in [-0.3, -0.25) is 9.79 Å². The molecule has 1 aliphatic carbocycles. The molecule has 3 aromatic rings. The number of halogens is 4. The summed E-state index contributed by atoms with van der Waals surface area (Å²) in [6, 6.07) is 3.78. The molecule has 5 rings (SSSR count). The van der Waals surface area contributed by atoms with Crippen LogP contribution in [0.2, 0.25) is 0 Å². The molecule has 4 N–H and O–H groups in total. The molecule has 1 aromatic carbocycles. The molecular weight excluding hydrogens is 448 g/mol. The largest absolute Gasteiger partial charge is 0.378 e. The van der Waals surface area contributed by atoms with Crippen LogP contribution in [0.4, 0.5) is 29.1 Å². The second kappa shape index (κ2) is 6.92. The van der Waals surface area contributed by atoms with Crippen molar-refractivity contribution in [2.24, 2.45) is 16.6 Å². The summed E-state index contributed by atoms with van der Waals surface area (Å²) in [7, 11) is 0. The first-order valence-electron chi connectivity index (χ1n) is 9.57. The molecule has 3 atom stereocenters. The minimum atomic E-state index is -2.69. The van der Waals surface area contributed by atoms with Crippen molar-refractivity contribution < 1.29 is 17.6 Å². The van der Waals surface area contributed by atoms with Crippen LogP contribution in [0.1, 0.15) is 18.9 Å². The van der Waals surface area contributed by atoms with E-state index in [1.54, 1.807) is 6.07 Å². The number of nitrogens with two attached hydrogens (primary N) is 1. The third-order valence-corrected chi connectivity index (χ3v) is 7.28. The zero-order valence-corrected chi connectivity index (χ0v) is 17.3. The molecule has 0 unspecified atom stereocenters. The average molecular weight is 464 g/mol. The highest BCUT2D eigenvalue weighted by Crippen LogP contribution is 2.68. The third-order valence-electron chi connectivity index (χ3n) is 5.97. The number of nitrogens with zero attached hydrogens (tertiary/aromatic N) is 3. The SMILES string of the molecule is C[C@]1(c2cc(Nc3nccc4[nH]c(=O)cnc34)cc(F)c2F)N=C(N)S[C@@]2(C(F)F)C[C@@H]12. The van der Waals surface area contributed by atoms with Gasteiger partial charge in [0.2, 0.25) is 0 Å². The highest BCUT2D eigenvalue weighted by molar-refractivity contribution is 8.15. The Morgan fingerprint density at radius 3 is 2.84 bits per heavy atom. The Bertz CT molecular complexity index is 1350. The monoisotopic (exact) mass is 464 g/mol. The molecule has 0 bridgehead atoms. The number of nitrogens with one attached hydrogen (secondary N) is 2. The van der Waals surface area contributed by atoms with Gasteiger partial charge in [0.15, 0.2) is 22.6 Å². The Kier molecular flexibility index (Phi) is 4.49. The highest BCUT2D eigenvalue weighted by atomic mass is 32.2. The molecule has 0 saturated heterocycles. The molecule has 12 heteroatoms. The van der Waals surface area contributed by atoms with E-state index < -0.39 is 39.8 Å². The molecule has 1 fully saturated rings. The predicted octanol–water partition coefficient (Wildman–Crippen LogP) is 3.64. The topological polar surface area (TPSA) is 109 Å².